The molecule has 0 unspecified atom stereocenters. The third kappa shape index (κ3) is 2.73. The highest BCUT2D eigenvalue weighted by molar-refractivity contribution is 5.79. The van der Waals surface area contributed by atoms with E-state index >= 15 is 0 Å². The Balaban J connectivity index is 2.32. The molecule has 0 spiro atoms. The summed E-state index contributed by atoms with van der Waals surface area (Å²) in [5.74, 6) is 0.238. The standard InChI is InChI=1S/C21H26N4O/c1-7-9-10-18-19(14(3)8-2)25(21(26)24(18)6)17-12-16-11-15(4)23(5)20(16)22-13-17/h7,9-14H,1,8H2,2-6H3/b10-9-/t14-/m1/s1. The lowest BCUT2D eigenvalue weighted by atomic mass is 10.0. The Morgan fingerprint density at radius 1 is 1.27 bits per heavy atom. The highest BCUT2D eigenvalue weighted by Gasteiger charge is 2.22. The first-order valence-electron chi connectivity index (χ1n) is 8.93. The topological polar surface area (TPSA) is 44.8 Å². The minimum Gasteiger partial charge on any atom is -0.333 e. The van der Waals surface area contributed by atoms with E-state index in [0.717, 1.165) is 40.2 Å². The molecule has 0 saturated heterocycles. The van der Waals surface area contributed by atoms with Crippen LogP contribution in [0.2, 0.25) is 0 Å². The van der Waals surface area contributed by atoms with Gasteiger partial charge in [-0.2, -0.15) is 0 Å². The first kappa shape index (κ1) is 18.0. The highest BCUT2D eigenvalue weighted by atomic mass is 16.1. The van der Waals surface area contributed by atoms with Gasteiger partial charge in [-0.1, -0.05) is 32.6 Å². The molecule has 0 N–H and O–H groups in total. The molecule has 3 heterocycles. The number of aromatic nitrogens is 4. The van der Waals surface area contributed by atoms with Crippen LogP contribution in [0.1, 0.15) is 43.3 Å². The van der Waals surface area contributed by atoms with Gasteiger partial charge in [0.05, 0.1) is 23.3 Å². The third-order valence-corrected chi connectivity index (χ3v) is 5.16. The first-order chi connectivity index (χ1) is 12.4. The Hall–Kier alpha value is -2.82. The average Bonchev–Trinajstić information content (AvgIpc) is 3.06. The molecule has 0 fully saturated rings. The minimum absolute atomic E-state index is 0.0576. The maximum Gasteiger partial charge on any atom is 0.333 e. The van der Waals surface area contributed by atoms with Crippen LogP contribution < -0.4 is 5.69 Å². The molecule has 0 amide bonds. The Morgan fingerprint density at radius 2 is 2.00 bits per heavy atom. The summed E-state index contributed by atoms with van der Waals surface area (Å²) < 4.78 is 5.55. The number of rotatable bonds is 5. The van der Waals surface area contributed by atoms with Crippen LogP contribution >= 0.6 is 0 Å². The molecule has 5 nitrogen and oxygen atoms in total. The van der Waals surface area contributed by atoms with Crippen molar-refractivity contribution in [2.75, 3.05) is 0 Å². The molecule has 0 aliphatic rings. The molecule has 0 radical (unpaired) electrons. The van der Waals surface area contributed by atoms with Gasteiger partial charge in [-0.3, -0.25) is 9.13 Å². The lowest BCUT2D eigenvalue weighted by Crippen LogP contribution is -2.22. The molecular formula is C21H26N4O. The van der Waals surface area contributed by atoms with Gasteiger partial charge in [0.25, 0.3) is 0 Å². The Labute approximate surface area is 153 Å². The van der Waals surface area contributed by atoms with Crippen molar-refractivity contribution < 1.29 is 0 Å². The molecule has 136 valence electrons. The van der Waals surface area contributed by atoms with E-state index < -0.39 is 0 Å². The number of allylic oxidation sites excluding steroid dienone is 2. The van der Waals surface area contributed by atoms with Crippen molar-refractivity contribution in [3.8, 4) is 5.69 Å². The van der Waals surface area contributed by atoms with Crippen LogP contribution in [0.3, 0.4) is 0 Å². The van der Waals surface area contributed by atoms with E-state index in [1.165, 1.54) is 0 Å². The van der Waals surface area contributed by atoms with Gasteiger partial charge in [0, 0.05) is 25.2 Å². The second-order valence-electron chi connectivity index (χ2n) is 6.80. The molecule has 26 heavy (non-hydrogen) atoms. The summed E-state index contributed by atoms with van der Waals surface area (Å²) in [7, 11) is 3.81. The summed E-state index contributed by atoms with van der Waals surface area (Å²) in [6.45, 7) is 10.1. The summed E-state index contributed by atoms with van der Waals surface area (Å²) >= 11 is 0. The molecule has 3 rings (SSSR count). The van der Waals surface area contributed by atoms with Crippen LogP contribution in [0.15, 0.2) is 41.9 Å². The van der Waals surface area contributed by atoms with Gasteiger partial charge in [0.2, 0.25) is 0 Å². The lowest BCUT2D eigenvalue weighted by molar-refractivity contribution is 0.683. The van der Waals surface area contributed by atoms with Gasteiger partial charge < -0.3 is 4.57 Å². The van der Waals surface area contributed by atoms with Crippen LogP contribution in [-0.2, 0) is 14.1 Å². The smallest absolute Gasteiger partial charge is 0.333 e. The van der Waals surface area contributed by atoms with Gasteiger partial charge in [0.15, 0.2) is 0 Å². The second-order valence-corrected chi connectivity index (χ2v) is 6.80. The molecule has 3 aromatic heterocycles. The Bertz CT molecular complexity index is 1060. The SMILES string of the molecule is C=C/C=C\c1c([C@H](C)CC)n(-c2cnc3c(c2)cc(C)n3C)c(=O)n1C. The van der Waals surface area contributed by atoms with Crippen LogP contribution in [0.25, 0.3) is 22.8 Å². The fourth-order valence-corrected chi connectivity index (χ4v) is 3.38. The van der Waals surface area contributed by atoms with Crippen LogP contribution in [0, 0.1) is 6.92 Å². The van der Waals surface area contributed by atoms with Gasteiger partial charge in [0.1, 0.15) is 5.65 Å². The number of aryl methyl sites for hydroxylation is 2. The second kappa shape index (κ2) is 6.83. The first-order valence-corrected chi connectivity index (χ1v) is 8.93. The van der Waals surface area contributed by atoms with E-state index in [1.54, 1.807) is 21.4 Å². The zero-order chi connectivity index (χ0) is 19.0. The predicted molar refractivity (Wildman–Crippen MR) is 108 cm³/mol. The van der Waals surface area contributed by atoms with Crippen molar-refractivity contribution in [2.45, 2.75) is 33.1 Å². The van der Waals surface area contributed by atoms with Crippen molar-refractivity contribution in [2.24, 2.45) is 14.1 Å². The summed E-state index contributed by atoms with van der Waals surface area (Å²) in [5.41, 5.74) is 4.73. The zero-order valence-electron chi connectivity index (χ0n) is 16.2. The number of hydrogen-bond donors (Lipinski definition) is 0. The molecule has 0 bridgehead atoms. The van der Waals surface area contributed by atoms with Crippen LogP contribution in [0.5, 0.6) is 0 Å². The van der Waals surface area contributed by atoms with E-state index in [9.17, 15) is 4.79 Å². The molecule has 0 aliphatic carbocycles. The van der Waals surface area contributed by atoms with E-state index in [0.29, 0.717) is 0 Å². The lowest BCUT2D eigenvalue weighted by Gasteiger charge is -2.14. The monoisotopic (exact) mass is 350 g/mol. The fourth-order valence-electron chi connectivity index (χ4n) is 3.38. The van der Waals surface area contributed by atoms with Crippen molar-refractivity contribution in [3.05, 3.63) is 64.6 Å². The quantitative estimate of drug-likeness (QED) is 0.651. The molecule has 1 atom stereocenters. The van der Waals surface area contributed by atoms with Crippen molar-refractivity contribution in [1.29, 1.82) is 0 Å². The largest absolute Gasteiger partial charge is 0.333 e. The van der Waals surface area contributed by atoms with Gasteiger partial charge in [-0.05, 0) is 37.5 Å². The van der Waals surface area contributed by atoms with Crippen molar-refractivity contribution in [3.63, 3.8) is 0 Å². The average molecular weight is 350 g/mol. The summed E-state index contributed by atoms with van der Waals surface area (Å²) in [6.07, 6.45) is 8.27. The third-order valence-electron chi connectivity index (χ3n) is 5.16. The maximum absolute atomic E-state index is 13.0. The van der Waals surface area contributed by atoms with Gasteiger partial charge in [-0.15, -0.1) is 0 Å². The van der Waals surface area contributed by atoms with E-state index in [4.69, 9.17) is 0 Å². The molecule has 0 saturated carbocycles. The normalized spacial score (nSPS) is 13.0. The van der Waals surface area contributed by atoms with Crippen LogP contribution in [-0.4, -0.2) is 18.7 Å². The van der Waals surface area contributed by atoms with E-state index in [1.807, 2.05) is 32.3 Å². The molecule has 5 heteroatoms. The minimum atomic E-state index is -0.0576. The zero-order valence-corrected chi connectivity index (χ0v) is 16.2. The number of imidazole rings is 1. The van der Waals surface area contributed by atoms with Crippen molar-refractivity contribution in [1.82, 2.24) is 18.7 Å². The Morgan fingerprint density at radius 3 is 2.65 bits per heavy atom. The molecule has 3 aromatic rings. The number of nitrogens with zero attached hydrogens (tertiary/aromatic N) is 4. The van der Waals surface area contributed by atoms with Gasteiger partial charge >= 0.3 is 5.69 Å². The summed E-state index contributed by atoms with van der Waals surface area (Å²) in [5, 5.41) is 1.04. The van der Waals surface area contributed by atoms with Crippen LogP contribution in [0.4, 0.5) is 0 Å². The molecule has 0 aromatic carbocycles. The summed E-state index contributed by atoms with van der Waals surface area (Å²) in [4.78, 5) is 17.6. The highest BCUT2D eigenvalue weighted by Crippen LogP contribution is 2.27. The molecule has 0 aliphatic heterocycles. The van der Waals surface area contributed by atoms with Crippen molar-refractivity contribution >= 4 is 17.1 Å². The van der Waals surface area contributed by atoms with Gasteiger partial charge in [-0.25, -0.2) is 9.78 Å². The number of fused-ring (bicyclic) bond motifs is 1. The van der Waals surface area contributed by atoms with E-state index in [2.05, 4.69) is 43.0 Å². The number of hydrogen-bond acceptors (Lipinski definition) is 2. The Kier molecular flexibility index (Phi) is 4.72. The maximum atomic E-state index is 13.0. The number of pyridine rings is 1. The predicted octanol–water partition coefficient (Wildman–Crippen LogP) is 4.08. The fraction of sp³-hybridized carbons (Fsp3) is 0.333. The molecular weight excluding hydrogens is 324 g/mol. The van der Waals surface area contributed by atoms with E-state index in [-0.39, 0.29) is 11.6 Å². The summed E-state index contributed by atoms with van der Waals surface area (Å²) in [6, 6.07) is 4.14.